The second-order valence-corrected chi connectivity index (χ2v) is 12.9. The monoisotopic (exact) mass is 521 g/mol. The lowest BCUT2D eigenvalue weighted by Gasteiger charge is -2.42. The SMILES string of the molecule is CCCCCCCC1CCC2CC(c3ccc(-c4ccc(C5=NC(C)(C)CO5)c(F)c4)c(F)c3)CCC2C1. The van der Waals surface area contributed by atoms with Crippen LogP contribution in [0.3, 0.4) is 0 Å². The Morgan fingerprint density at radius 1 is 0.842 bits per heavy atom. The van der Waals surface area contributed by atoms with E-state index in [1.54, 1.807) is 18.2 Å². The third-order valence-electron chi connectivity index (χ3n) is 9.38. The zero-order valence-electron chi connectivity index (χ0n) is 23.6. The first-order chi connectivity index (χ1) is 18.3. The van der Waals surface area contributed by atoms with Gasteiger partial charge in [-0.05, 0) is 98.9 Å². The Kier molecular flexibility index (Phi) is 8.55. The highest BCUT2D eigenvalue weighted by Gasteiger charge is 2.36. The van der Waals surface area contributed by atoms with E-state index in [2.05, 4.69) is 18.0 Å². The van der Waals surface area contributed by atoms with Crippen molar-refractivity contribution < 1.29 is 13.5 Å². The summed E-state index contributed by atoms with van der Waals surface area (Å²) < 4.78 is 35.9. The molecule has 2 aromatic carbocycles. The number of hydrogen-bond donors (Lipinski definition) is 0. The van der Waals surface area contributed by atoms with Crippen molar-refractivity contribution in [3.63, 3.8) is 0 Å². The van der Waals surface area contributed by atoms with Crippen molar-refractivity contribution >= 4 is 5.90 Å². The van der Waals surface area contributed by atoms with Crippen LogP contribution >= 0.6 is 0 Å². The van der Waals surface area contributed by atoms with Crippen LogP contribution in [0, 0.1) is 29.4 Å². The highest BCUT2D eigenvalue weighted by molar-refractivity contribution is 5.96. The van der Waals surface area contributed by atoms with Gasteiger partial charge in [0.05, 0.1) is 11.1 Å². The van der Waals surface area contributed by atoms with Crippen LogP contribution in [0.25, 0.3) is 11.1 Å². The summed E-state index contributed by atoms with van der Waals surface area (Å²) in [4.78, 5) is 4.47. The molecule has 2 aromatic rings. The van der Waals surface area contributed by atoms with Gasteiger partial charge in [-0.3, -0.25) is 0 Å². The van der Waals surface area contributed by atoms with Gasteiger partial charge < -0.3 is 4.74 Å². The molecule has 2 aliphatic carbocycles. The first-order valence-electron chi connectivity index (χ1n) is 15.2. The predicted octanol–water partition coefficient (Wildman–Crippen LogP) is 9.85. The summed E-state index contributed by atoms with van der Waals surface area (Å²) in [6, 6.07) is 10.4. The van der Waals surface area contributed by atoms with Gasteiger partial charge in [0.15, 0.2) is 0 Å². The highest BCUT2D eigenvalue weighted by Crippen LogP contribution is 2.48. The van der Waals surface area contributed by atoms with E-state index >= 15 is 4.39 Å². The standard InChI is InChI=1S/C34H45F2NO/c1-4-5-6-7-8-9-23-10-11-25-19-26(13-12-24(25)18-23)27-14-16-29(31(35)20-27)28-15-17-30(32(36)21-28)33-37-34(2,3)22-38-33/h14-17,20-21,23-26H,4-13,18-19,22H2,1-3H3. The van der Waals surface area contributed by atoms with Gasteiger partial charge in [-0.1, -0.05) is 70.1 Å². The molecule has 0 bridgehead atoms. The topological polar surface area (TPSA) is 21.6 Å². The number of benzene rings is 2. The van der Waals surface area contributed by atoms with E-state index in [-0.39, 0.29) is 11.4 Å². The van der Waals surface area contributed by atoms with Crippen molar-refractivity contribution in [2.24, 2.45) is 22.7 Å². The van der Waals surface area contributed by atoms with Crippen LogP contribution in [0.2, 0.25) is 0 Å². The zero-order chi connectivity index (χ0) is 26.7. The molecule has 0 amide bonds. The van der Waals surface area contributed by atoms with Crippen LogP contribution in [0.1, 0.15) is 115 Å². The first kappa shape index (κ1) is 27.3. The van der Waals surface area contributed by atoms with Crippen molar-refractivity contribution in [3.8, 4) is 11.1 Å². The molecule has 38 heavy (non-hydrogen) atoms. The summed E-state index contributed by atoms with van der Waals surface area (Å²) in [5.41, 5.74) is 2.08. The molecular formula is C34H45F2NO. The molecule has 0 N–H and O–H groups in total. The Balaban J connectivity index is 1.19. The molecule has 3 aliphatic rings. The number of rotatable bonds is 9. The van der Waals surface area contributed by atoms with Crippen molar-refractivity contribution in [1.29, 1.82) is 0 Å². The molecule has 206 valence electrons. The Hall–Kier alpha value is -2.23. The summed E-state index contributed by atoms with van der Waals surface area (Å²) in [5, 5.41) is 0. The summed E-state index contributed by atoms with van der Waals surface area (Å²) in [7, 11) is 0. The fraction of sp³-hybridized carbons (Fsp3) is 0.618. The number of halogens is 2. The van der Waals surface area contributed by atoms with E-state index in [0.29, 0.717) is 35.1 Å². The highest BCUT2D eigenvalue weighted by atomic mass is 19.1. The van der Waals surface area contributed by atoms with Gasteiger partial charge in [-0.25, -0.2) is 13.8 Å². The molecule has 4 atom stereocenters. The van der Waals surface area contributed by atoms with Crippen LogP contribution in [0.5, 0.6) is 0 Å². The van der Waals surface area contributed by atoms with Crippen LogP contribution in [-0.2, 0) is 4.74 Å². The van der Waals surface area contributed by atoms with Crippen LogP contribution in [-0.4, -0.2) is 18.0 Å². The van der Waals surface area contributed by atoms with Gasteiger partial charge >= 0.3 is 0 Å². The van der Waals surface area contributed by atoms with E-state index in [1.165, 1.54) is 76.7 Å². The number of unbranched alkanes of at least 4 members (excludes halogenated alkanes) is 4. The molecule has 1 heterocycles. The average Bonchev–Trinajstić information content (AvgIpc) is 3.27. The van der Waals surface area contributed by atoms with Crippen molar-refractivity contribution in [3.05, 3.63) is 59.2 Å². The second kappa shape index (κ2) is 11.9. The third kappa shape index (κ3) is 6.32. The summed E-state index contributed by atoms with van der Waals surface area (Å²) >= 11 is 0. The number of aliphatic imine (C=N–C) groups is 1. The molecule has 5 rings (SSSR count). The maximum atomic E-state index is 15.3. The van der Waals surface area contributed by atoms with Gasteiger partial charge in [0, 0.05) is 5.56 Å². The smallest absolute Gasteiger partial charge is 0.219 e. The zero-order valence-corrected chi connectivity index (χ0v) is 23.6. The molecule has 1 aliphatic heterocycles. The van der Waals surface area contributed by atoms with Crippen LogP contribution in [0.4, 0.5) is 8.78 Å². The molecule has 4 heteroatoms. The van der Waals surface area contributed by atoms with E-state index in [9.17, 15) is 4.39 Å². The van der Waals surface area contributed by atoms with Crippen molar-refractivity contribution in [2.75, 3.05) is 6.61 Å². The number of ether oxygens (including phenoxy) is 1. The minimum absolute atomic E-state index is 0.265. The quantitative estimate of drug-likeness (QED) is 0.301. The normalized spacial score (nSPS) is 26.5. The fourth-order valence-electron chi connectivity index (χ4n) is 7.19. The Morgan fingerprint density at radius 3 is 2.32 bits per heavy atom. The maximum Gasteiger partial charge on any atom is 0.219 e. The lowest BCUT2D eigenvalue weighted by atomic mass is 9.63. The van der Waals surface area contributed by atoms with Crippen molar-refractivity contribution in [1.82, 2.24) is 0 Å². The molecule has 2 fully saturated rings. The molecule has 0 radical (unpaired) electrons. The number of nitrogens with zero attached hydrogens (tertiary/aromatic N) is 1. The minimum atomic E-state index is -0.433. The Morgan fingerprint density at radius 2 is 1.58 bits per heavy atom. The largest absolute Gasteiger partial charge is 0.475 e. The summed E-state index contributed by atoms with van der Waals surface area (Å²) in [6.07, 6.45) is 16.1. The van der Waals surface area contributed by atoms with Gasteiger partial charge in [0.25, 0.3) is 0 Å². The molecule has 0 spiro atoms. The maximum absolute atomic E-state index is 15.3. The van der Waals surface area contributed by atoms with Gasteiger partial charge in [-0.2, -0.15) is 0 Å². The lowest BCUT2D eigenvalue weighted by Crippen LogP contribution is -2.30. The van der Waals surface area contributed by atoms with E-state index in [1.807, 2.05) is 19.9 Å². The van der Waals surface area contributed by atoms with Crippen LogP contribution < -0.4 is 0 Å². The molecule has 2 saturated carbocycles. The predicted molar refractivity (Wildman–Crippen MR) is 153 cm³/mol. The Bertz CT molecular complexity index is 1140. The third-order valence-corrected chi connectivity index (χ3v) is 9.38. The summed E-state index contributed by atoms with van der Waals surface area (Å²) in [5.74, 6) is 2.65. The Labute approximate surface area is 228 Å². The number of fused-ring (bicyclic) bond motifs is 1. The second-order valence-electron chi connectivity index (χ2n) is 12.9. The van der Waals surface area contributed by atoms with Gasteiger partial charge in [0.1, 0.15) is 18.2 Å². The van der Waals surface area contributed by atoms with E-state index < -0.39 is 5.82 Å². The fourth-order valence-corrected chi connectivity index (χ4v) is 7.19. The molecule has 4 unspecified atom stereocenters. The first-order valence-corrected chi connectivity index (χ1v) is 15.2. The minimum Gasteiger partial charge on any atom is -0.475 e. The molecule has 2 nitrogen and oxygen atoms in total. The van der Waals surface area contributed by atoms with Gasteiger partial charge in [-0.15, -0.1) is 0 Å². The van der Waals surface area contributed by atoms with Crippen LogP contribution in [0.15, 0.2) is 41.4 Å². The summed E-state index contributed by atoms with van der Waals surface area (Å²) in [6.45, 7) is 6.62. The van der Waals surface area contributed by atoms with E-state index in [0.717, 1.165) is 29.7 Å². The molecular weight excluding hydrogens is 476 g/mol. The van der Waals surface area contributed by atoms with E-state index in [4.69, 9.17) is 4.74 Å². The van der Waals surface area contributed by atoms with Gasteiger partial charge in [0.2, 0.25) is 5.90 Å². The average molecular weight is 522 g/mol. The molecule has 0 saturated heterocycles. The molecule has 0 aromatic heterocycles. The van der Waals surface area contributed by atoms with Crippen molar-refractivity contribution in [2.45, 2.75) is 109 Å². The number of hydrogen-bond acceptors (Lipinski definition) is 2. The lowest BCUT2D eigenvalue weighted by molar-refractivity contribution is 0.113.